The number of hydrogen-bond acceptors (Lipinski definition) is 4. The van der Waals surface area contributed by atoms with E-state index in [4.69, 9.17) is 5.73 Å². The molecule has 0 spiro atoms. The van der Waals surface area contributed by atoms with Crippen LogP contribution in [-0.4, -0.2) is 15.8 Å². The zero-order valence-corrected chi connectivity index (χ0v) is 7.43. The molecule has 0 saturated carbocycles. The number of alkyl halides is 3. The van der Waals surface area contributed by atoms with Crippen LogP contribution in [0.2, 0.25) is 0 Å². The van der Waals surface area contributed by atoms with Crippen molar-refractivity contribution in [2.75, 3.05) is 5.73 Å². The maximum absolute atomic E-state index is 12.5. The molecule has 4 nitrogen and oxygen atoms in total. The second-order valence-corrected chi connectivity index (χ2v) is 3.17. The van der Waals surface area contributed by atoms with Crippen LogP contribution in [0.3, 0.4) is 0 Å². The van der Waals surface area contributed by atoms with E-state index in [1.54, 1.807) is 0 Å². The Bertz CT molecular complexity index is 441. The van der Waals surface area contributed by atoms with Gasteiger partial charge < -0.3 is 5.73 Å². The topological polar surface area (TPSA) is 68.9 Å². The molecule has 2 N–H and O–H groups in total. The van der Waals surface area contributed by atoms with Gasteiger partial charge in [0, 0.05) is 6.42 Å². The highest BCUT2D eigenvalue weighted by Crippen LogP contribution is 2.35. The van der Waals surface area contributed by atoms with E-state index < -0.39 is 29.2 Å². The standard InChI is InChI=1S/C8H6F3N3O/c9-8(10,11)6-5-3(1-2-4(5)15)13-7(12)14-6/h1-2H2,(H2,12,13,14). The molecule has 1 aliphatic rings. The number of nitrogen functional groups attached to an aromatic ring is 1. The van der Waals surface area contributed by atoms with Crippen LogP contribution in [0.15, 0.2) is 0 Å². The third-order valence-electron chi connectivity index (χ3n) is 2.14. The molecule has 15 heavy (non-hydrogen) atoms. The quantitative estimate of drug-likeness (QED) is 0.709. The molecule has 0 bridgehead atoms. The van der Waals surface area contributed by atoms with E-state index in [9.17, 15) is 18.0 Å². The van der Waals surface area contributed by atoms with Crippen molar-refractivity contribution >= 4 is 11.7 Å². The predicted molar refractivity (Wildman–Crippen MR) is 44.1 cm³/mol. The Balaban J connectivity index is 2.69. The molecule has 0 aromatic carbocycles. The lowest BCUT2D eigenvalue weighted by Crippen LogP contribution is -2.16. The molecule has 1 aliphatic carbocycles. The normalized spacial score (nSPS) is 15.5. The zero-order valence-electron chi connectivity index (χ0n) is 7.43. The van der Waals surface area contributed by atoms with E-state index in [2.05, 4.69) is 9.97 Å². The highest BCUT2D eigenvalue weighted by molar-refractivity contribution is 6.01. The first-order chi connectivity index (χ1) is 6.89. The number of halogens is 3. The molecule has 0 radical (unpaired) electrons. The molecule has 0 atom stereocenters. The number of hydrogen-bond donors (Lipinski definition) is 1. The second-order valence-electron chi connectivity index (χ2n) is 3.17. The fourth-order valence-corrected chi connectivity index (χ4v) is 1.56. The maximum Gasteiger partial charge on any atom is 0.434 e. The largest absolute Gasteiger partial charge is 0.434 e. The van der Waals surface area contributed by atoms with E-state index in [0.29, 0.717) is 0 Å². The Morgan fingerprint density at radius 2 is 1.87 bits per heavy atom. The third-order valence-corrected chi connectivity index (χ3v) is 2.14. The zero-order chi connectivity index (χ0) is 11.2. The van der Waals surface area contributed by atoms with Gasteiger partial charge in [0.25, 0.3) is 0 Å². The van der Waals surface area contributed by atoms with Crippen molar-refractivity contribution in [3.8, 4) is 0 Å². The van der Waals surface area contributed by atoms with Crippen molar-refractivity contribution in [3.63, 3.8) is 0 Å². The van der Waals surface area contributed by atoms with Crippen LogP contribution < -0.4 is 5.73 Å². The molecule has 80 valence electrons. The minimum atomic E-state index is -4.67. The number of carbonyl (C=O) groups is 1. The van der Waals surface area contributed by atoms with E-state index in [1.165, 1.54) is 0 Å². The third kappa shape index (κ3) is 1.53. The molecule has 0 fully saturated rings. The van der Waals surface area contributed by atoms with Crippen molar-refractivity contribution in [3.05, 3.63) is 17.0 Å². The first kappa shape index (κ1) is 9.88. The fourth-order valence-electron chi connectivity index (χ4n) is 1.56. The lowest BCUT2D eigenvalue weighted by Gasteiger charge is -2.09. The summed E-state index contributed by atoms with van der Waals surface area (Å²) < 4.78 is 37.5. The lowest BCUT2D eigenvalue weighted by molar-refractivity contribution is -0.141. The summed E-state index contributed by atoms with van der Waals surface area (Å²) in [4.78, 5) is 17.9. The molecule has 0 saturated heterocycles. The molecular weight excluding hydrogens is 211 g/mol. The molecule has 0 unspecified atom stereocenters. The molecule has 0 amide bonds. The predicted octanol–water partition coefficient (Wildman–Crippen LogP) is 1.21. The van der Waals surface area contributed by atoms with Crippen LogP contribution in [0.25, 0.3) is 0 Å². The van der Waals surface area contributed by atoms with Gasteiger partial charge in [-0.25, -0.2) is 9.97 Å². The van der Waals surface area contributed by atoms with E-state index >= 15 is 0 Å². The molecule has 1 aromatic rings. The fraction of sp³-hybridized carbons (Fsp3) is 0.375. The molecule has 2 rings (SSSR count). The first-order valence-electron chi connectivity index (χ1n) is 4.16. The van der Waals surface area contributed by atoms with Crippen LogP contribution in [0.5, 0.6) is 0 Å². The van der Waals surface area contributed by atoms with Gasteiger partial charge in [-0.1, -0.05) is 0 Å². The van der Waals surface area contributed by atoms with Gasteiger partial charge in [-0.15, -0.1) is 0 Å². The van der Waals surface area contributed by atoms with Gasteiger partial charge in [-0.2, -0.15) is 13.2 Å². The number of carbonyl (C=O) groups excluding carboxylic acids is 1. The summed E-state index contributed by atoms with van der Waals surface area (Å²) in [7, 11) is 0. The van der Waals surface area contributed by atoms with Crippen molar-refractivity contribution in [1.82, 2.24) is 9.97 Å². The Labute approximate surface area is 82.3 Å². The summed E-state index contributed by atoms with van der Waals surface area (Å²) >= 11 is 0. The minimum Gasteiger partial charge on any atom is -0.368 e. The Morgan fingerprint density at radius 1 is 1.20 bits per heavy atom. The van der Waals surface area contributed by atoms with E-state index in [-0.39, 0.29) is 18.5 Å². The Kier molecular flexibility index (Phi) is 1.92. The molecule has 1 heterocycles. The minimum absolute atomic E-state index is 0.0382. The number of nitrogens with two attached hydrogens (primary N) is 1. The van der Waals surface area contributed by atoms with Gasteiger partial charge >= 0.3 is 6.18 Å². The van der Waals surface area contributed by atoms with Crippen molar-refractivity contribution < 1.29 is 18.0 Å². The van der Waals surface area contributed by atoms with Gasteiger partial charge in [0.1, 0.15) is 0 Å². The summed E-state index contributed by atoms with van der Waals surface area (Å²) in [5, 5.41) is 0. The molecule has 1 aromatic heterocycles. The highest BCUT2D eigenvalue weighted by Gasteiger charge is 2.41. The number of fused-ring (bicyclic) bond motifs is 1. The average Bonchev–Trinajstić information content (AvgIpc) is 2.44. The number of nitrogens with zero attached hydrogens (tertiary/aromatic N) is 2. The molecular formula is C8H6F3N3O. The summed E-state index contributed by atoms with van der Waals surface area (Å²) in [5.41, 5.74) is 3.60. The molecule has 7 heteroatoms. The van der Waals surface area contributed by atoms with Crippen LogP contribution in [0, 0.1) is 0 Å². The van der Waals surface area contributed by atoms with Gasteiger partial charge in [0.15, 0.2) is 11.5 Å². The highest BCUT2D eigenvalue weighted by atomic mass is 19.4. The summed E-state index contributed by atoms with van der Waals surface area (Å²) in [6.07, 6.45) is -4.43. The smallest absolute Gasteiger partial charge is 0.368 e. The Hall–Kier alpha value is -1.66. The number of anilines is 1. The monoisotopic (exact) mass is 217 g/mol. The number of aryl methyl sites for hydroxylation is 1. The SMILES string of the molecule is Nc1nc2c(c(C(F)(F)F)n1)C(=O)CC2. The van der Waals surface area contributed by atoms with Gasteiger partial charge in [-0.05, 0) is 6.42 Å². The number of aromatic nitrogens is 2. The lowest BCUT2D eigenvalue weighted by atomic mass is 10.1. The van der Waals surface area contributed by atoms with Crippen LogP contribution >= 0.6 is 0 Å². The summed E-state index contributed by atoms with van der Waals surface area (Å²) in [5.74, 6) is -1.02. The van der Waals surface area contributed by atoms with Gasteiger partial charge in [0.2, 0.25) is 5.95 Å². The van der Waals surface area contributed by atoms with Gasteiger partial charge in [0.05, 0.1) is 11.3 Å². The van der Waals surface area contributed by atoms with Crippen LogP contribution in [0.4, 0.5) is 19.1 Å². The van der Waals surface area contributed by atoms with Crippen molar-refractivity contribution in [2.24, 2.45) is 0 Å². The maximum atomic E-state index is 12.5. The van der Waals surface area contributed by atoms with E-state index in [1.807, 2.05) is 0 Å². The summed E-state index contributed by atoms with van der Waals surface area (Å²) in [6.45, 7) is 0. The average molecular weight is 217 g/mol. The number of Topliss-reactive ketones (excluding diaryl/α,β-unsaturated/α-hetero) is 1. The van der Waals surface area contributed by atoms with Crippen LogP contribution in [-0.2, 0) is 12.6 Å². The molecule has 0 aliphatic heterocycles. The van der Waals surface area contributed by atoms with Crippen molar-refractivity contribution in [2.45, 2.75) is 19.0 Å². The van der Waals surface area contributed by atoms with Crippen molar-refractivity contribution in [1.29, 1.82) is 0 Å². The van der Waals surface area contributed by atoms with Crippen LogP contribution in [0.1, 0.15) is 28.2 Å². The first-order valence-corrected chi connectivity index (χ1v) is 4.16. The number of rotatable bonds is 0. The van der Waals surface area contributed by atoms with E-state index in [0.717, 1.165) is 0 Å². The Morgan fingerprint density at radius 3 is 2.47 bits per heavy atom. The summed E-state index contributed by atoms with van der Waals surface area (Å²) in [6, 6.07) is 0. The number of ketones is 1. The van der Waals surface area contributed by atoms with Gasteiger partial charge in [-0.3, -0.25) is 4.79 Å². The second kappa shape index (κ2) is 2.91.